The van der Waals surface area contributed by atoms with Gasteiger partial charge >= 0.3 is 12.1 Å². The highest BCUT2D eigenvalue weighted by atomic mass is 19.1. The van der Waals surface area contributed by atoms with Crippen molar-refractivity contribution in [1.29, 1.82) is 0 Å². The van der Waals surface area contributed by atoms with Crippen molar-refractivity contribution in [2.45, 2.75) is 127 Å². The molecule has 2 N–H and O–H groups in total. The number of carbonyl (C=O) groups excluding carboxylic acids is 4. The Bertz CT molecular complexity index is 1510. The molecule has 0 saturated carbocycles. The number of fused-ring (bicyclic) bond motifs is 1. The van der Waals surface area contributed by atoms with Gasteiger partial charge in [0.25, 0.3) is 5.67 Å². The predicted molar refractivity (Wildman–Crippen MR) is 193 cm³/mol. The van der Waals surface area contributed by atoms with E-state index in [-0.39, 0.29) is 31.8 Å². The highest BCUT2D eigenvalue weighted by Crippen LogP contribution is 2.41. The molecule has 0 aliphatic carbocycles. The molecule has 0 radical (unpaired) electrons. The number of amides is 1. The molecule has 1 amide bonds. The van der Waals surface area contributed by atoms with Crippen molar-refractivity contribution in [3.63, 3.8) is 0 Å². The number of methoxy groups -OCH3 is 1. The van der Waals surface area contributed by atoms with Gasteiger partial charge in [-0.3, -0.25) is 9.59 Å². The SMILES string of the molecule is CC[C@H]1OC(=O)[C@@](C)(F)C(=O)[C@H](C)[C@@H](O[C@@H]2O[C@H](COC/C=C/c3cncnc3)CC(N(C)C)C2O)[C@](C)(OC)C[C@@H](C)C(=O)[C@H](C)[C@H]2NC(=O)O[C@@]21C. The molecule has 4 rings (SSSR count). The maximum Gasteiger partial charge on any atom is 0.408 e. The largest absolute Gasteiger partial charge is 0.455 e. The van der Waals surface area contributed by atoms with Crippen molar-refractivity contribution >= 4 is 29.7 Å². The summed E-state index contributed by atoms with van der Waals surface area (Å²) >= 11 is 0. The van der Waals surface area contributed by atoms with E-state index in [9.17, 15) is 24.3 Å². The van der Waals surface area contributed by atoms with Crippen molar-refractivity contribution in [3.8, 4) is 0 Å². The van der Waals surface area contributed by atoms with Crippen LogP contribution in [0.4, 0.5) is 9.18 Å². The molecule has 1 aromatic rings. The third-order valence-corrected chi connectivity index (χ3v) is 11.2. The number of ether oxygens (including phenoxy) is 6. The summed E-state index contributed by atoms with van der Waals surface area (Å²) in [6.07, 6.45) is 2.29. The average molecular weight is 765 g/mol. The number of aliphatic hydroxyl groups excluding tert-OH is 1. The number of aromatic nitrogens is 2. The molecule has 1 aromatic heterocycles. The normalized spacial score (nSPS) is 39.9. The maximum atomic E-state index is 16.7. The summed E-state index contributed by atoms with van der Waals surface area (Å²) in [7, 11) is 4.97. The van der Waals surface area contributed by atoms with Gasteiger partial charge < -0.3 is 43.7 Å². The Morgan fingerprint density at radius 1 is 1.09 bits per heavy atom. The van der Waals surface area contributed by atoms with E-state index in [0.717, 1.165) is 12.5 Å². The molecule has 0 bridgehead atoms. The Kier molecular flexibility index (Phi) is 14.1. The molecular formula is C38H57FN4O11. The molecule has 2 unspecified atom stereocenters. The number of hydrogen-bond donors (Lipinski definition) is 2. The number of aliphatic hydroxyl groups is 1. The number of alkyl carbamates (subject to hydrolysis) is 1. The van der Waals surface area contributed by atoms with E-state index in [2.05, 4.69) is 15.3 Å². The fourth-order valence-electron chi connectivity index (χ4n) is 8.03. The van der Waals surface area contributed by atoms with Gasteiger partial charge in [0.2, 0.25) is 0 Å². The molecule has 3 aliphatic rings. The Labute approximate surface area is 316 Å². The number of carbonyl (C=O) groups is 4. The Balaban J connectivity index is 1.67. The fourth-order valence-corrected chi connectivity index (χ4v) is 8.03. The number of nitrogens with one attached hydrogen (secondary N) is 1. The topological polar surface area (TPSA) is 185 Å². The second-order valence-corrected chi connectivity index (χ2v) is 15.5. The first-order valence-corrected chi connectivity index (χ1v) is 18.5. The zero-order chi connectivity index (χ0) is 40.2. The summed E-state index contributed by atoms with van der Waals surface area (Å²) in [5.41, 5.74) is -5.41. The lowest BCUT2D eigenvalue weighted by atomic mass is 9.73. The predicted octanol–water partition coefficient (Wildman–Crippen LogP) is 3.07. The van der Waals surface area contributed by atoms with Gasteiger partial charge in [-0.2, -0.15) is 0 Å². The molecule has 16 heteroatoms. The summed E-state index contributed by atoms with van der Waals surface area (Å²) in [6, 6.07) is -1.42. The Morgan fingerprint density at radius 2 is 1.76 bits per heavy atom. The number of hydrogen-bond acceptors (Lipinski definition) is 14. The molecule has 54 heavy (non-hydrogen) atoms. The first kappa shape index (κ1) is 43.3. The minimum atomic E-state index is -3.18. The molecule has 0 spiro atoms. The Morgan fingerprint density at radius 3 is 2.37 bits per heavy atom. The number of alkyl halides is 1. The van der Waals surface area contributed by atoms with Crippen LogP contribution in [0.2, 0.25) is 0 Å². The van der Waals surface area contributed by atoms with Crippen molar-refractivity contribution in [2.75, 3.05) is 34.4 Å². The van der Waals surface area contributed by atoms with Gasteiger partial charge in [0, 0.05) is 48.9 Å². The smallest absolute Gasteiger partial charge is 0.408 e. The van der Waals surface area contributed by atoms with Gasteiger partial charge in [-0.25, -0.2) is 23.9 Å². The van der Waals surface area contributed by atoms with Crippen LogP contribution in [-0.2, 0) is 42.8 Å². The van der Waals surface area contributed by atoms with Gasteiger partial charge in [-0.05, 0) is 54.1 Å². The molecule has 3 aliphatic heterocycles. The van der Waals surface area contributed by atoms with Crippen LogP contribution in [0.5, 0.6) is 0 Å². The molecular weight excluding hydrogens is 707 g/mol. The molecule has 3 saturated heterocycles. The number of cyclic esters (lactones) is 1. The molecule has 0 aromatic carbocycles. The quantitative estimate of drug-likeness (QED) is 0.201. The second kappa shape index (κ2) is 17.6. The number of nitrogens with zero attached hydrogens (tertiary/aromatic N) is 3. The number of Topliss-reactive ketones (excluding diaryl/α,β-unsaturated/α-hetero) is 2. The van der Waals surface area contributed by atoms with Crippen LogP contribution in [-0.4, -0.2) is 138 Å². The standard InChI is InChI=1S/C38H57FN4O11/c1-11-27-38(7)30(42-35(48)54-38)22(3)28(44)21(2)16-36(5,49-10)32(23(4)31(46)37(6,39)34(47)52-27)53-33-29(45)26(43(8)9)15-25(51-33)19-50-14-12-13-24-17-40-20-41-18-24/h12-13,17-18,20-23,25-27,29-30,32-33,45H,11,14-16,19H2,1-10H3,(H,42,48)/b13-12+/t21-,22+,23+,25+,26?,27-,29?,30-,32-,33+,36-,37+,38-/m1/s1. The van der Waals surface area contributed by atoms with Gasteiger partial charge in [-0.1, -0.05) is 39.8 Å². The van der Waals surface area contributed by atoms with Crippen LogP contribution in [0.15, 0.2) is 24.8 Å². The van der Waals surface area contributed by atoms with Crippen molar-refractivity contribution in [3.05, 3.63) is 30.4 Å². The lowest BCUT2D eigenvalue weighted by Gasteiger charge is -2.47. The summed E-state index contributed by atoms with van der Waals surface area (Å²) < 4.78 is 52.6. The molecule has 13 atom stereocenters. The summed E-state index contributed by atoms with van der Waals surface area (Å²) in [6.45, 7) is 10.7. The van der Waals surface area contributed by atoms with Crippen molar-refractivity contribution in [1.82, 2.24) is 20.2 Å². The van der Waals surface area contributed by atoms with Crippen LogP contribution < -0.4 is 5.32 Å². The third kappa shape index (κ3) is 9.16. The van der Waals surface area contributed by atoms with Crippen LogP contribution in [0.1, 0.15) is 73.3 Å². The van der Waals surface area contributed by atoms with Crippen LogP contribution in [0, 0.1) is 17.8 Å². The minimum Gasteiger partial charge on any atom is -0.455 e. The van der Waals surface area contributed by atoms with Gasteiger partial charge in [0.15, 0.2) is 17.7 Å². The Hall–Kier alpha value is -3.41. The van der Waals surface area contributed by atoms with Gasteiger partial charge in [-0.15, -0.1) is 0 Å². The van der Waals surface area contributed by atoms with E-state index in [1.54, 1.807) is 60.3 Å². The average Bonchev–Trinajstić information content (AvgIpc) is 3.45. The molecule has 3 fully saturated rings. The minimum absolute atomic E-state index is 0.0247. The highest BCUT2D eigenvalue weighted by molar-refractivity contribution is 6.08. The highest BCUT2D eigenvalue weighted by Gasteiger charge is 2.59. The maximum absolute atomic E-state index is 16.7. The number of esters is 1. The van der Waals surface area contributed by atoms with Gasteiger partial charge in [0.05, 0.1) is 37.1 Å². The molecule has 15 nitrogen and oxygen atoms in total. The monoisotopic (exact) mass is 764 g/mol. The number of halogens is 1. The fraction of sp³-hybridized carbons (Fsp3) is 0.737. The van der Waals surface area contributed by atoms with E-state index in [4.69, 9.17) is 28.4 Å². The summed E-state index contributed by atoms with van der Waals surface area (Å²) in [5.74, 6) is -5.90. The number of likely N-dealkylation sites (N-methyl/N-ethyl adjacent to an activating group) is 1. The summed E-state index contributed by atoms with van der Waals surface area (Å²) in [5, 5.41) is 14.3. The van der Waals surface area contributed by atoms with Crippen LogP contribution in [0.3, 0.4) is 0 Å². The zero-order valence-corrected chi connectivity index (χ0v) is 32.9. The van der Waals surface area contributed by atoms with Gasteiger partial charge in [0.1, 0.15) is 24.3 Å². The summed E-state index contributed by atoms with van der Waals surface area (Å²) in [4.78, 5) is 64.3. The number of ketones is 2. The van der Waals surface area contributed by atoms with E-state index in [1.165, 1.54) is 27.3 Å². The van der Waals surface area contributed by atoms with E-state index in [1.807, 2.05) is 11.0 Å². The zero-order valence-electron chi connectivity index (χ0n) is 32.9. The van der Waals surface area contributed by atoms with Crippen LogP contribution in [0.25, 0.3) is 6.08 Å². The third-order valence-electron chi connectivity index (χ3n) is 11.2. The molecule has 4 heterocycles. The first-order chi connectivity index (χ1) is 25.3. The van der Waals surface area contributed by atoms with E-state index >= 15 is 4.39 Å². The second-order valence-electron chi connectivity index (χ2n) is 15.5. The first-order valence-electron chi connectivity index (χ1n) is 18.5. The van der Waals surface area contributed by atoms with E-state index in [0.29, 0.717) is 6.42 Å². The van der Waals surface area contributed by atoms with E-state index < -0.39 is 95.3 Å². The van der Waals surface area contributed by atoms with Crippen molar-refractivity contribution in [2.24, 2.45) is 17.8 Å². The van der Waals surface area contributed by atoms with Crippen molar-refractivity contribution < 1.29 is 57.1 Å². The number of rotatable bonds is 10. The lowest BCUT2D eigenvalue weighted by molar-refractivity contribution is -0.301. The lowest BCUT2D eigenvalue weighted by Crippen LogP contribution is -2.62. The molecule has 302 valence electrons. The van der Waals surface area contributed by atoms with Crippen LogP contribution >= 0.6 is 0 Å².